The van der Waals surface area contributed by atoms with Crippen LogP contribution in [0.15, 0.2) is 47.1 Å². The molecule has 1 aromatic heterocycles. The number of amides is 2. The van der Waals surface area contributed by atoms with Gasteiger partial charge in [0.1, 0.15) is 11.9 Å². The van der Waals surface area contributed by atoms with E-state index < -0.39 is 6.43 Å². The molecule has 1 atom stereocenters. The predicted molar refractivity (Wildman–Crippen MR) is 79.4 cm³/mol. The molecular weight excluding hydrogens is 306 g/mol. The molecule has 23 heavy (non-hydrogen) atoms. The normalized spacial score (nSPS) is 18.2. The fraction of sp³-hybridized carbons (Fsp3) is 0.312. The largest absolute Gasteiger partial charge is 0.467 e. The molecule has 0 aliphatic carbocycles. The fourth-order valence-corrected chi connectivity index (χ4v) is 2.44. The molecule has 7 heteroatoms. The zero-order valence-electron chi connectivity index (χ0n) is 12.2. The first kappa shape index (κ1) is 15.5. The number of carbonyl (C=O) groups is 1. The Morgan fingerprint density at radius 1 is 1.30 bits per heavy atom. The van der Waals surface area contributed by atoms with Crippen LogP contribution in [0.4, 0.5) is 19.3 Å². The monoisotopic (exact) mass is 322 g/mol. The molecule has 1 fully saturated rings. The number of urea groups is 1. The van der Waals surface area contributed by atoms with Gasteiger partial charge in [0.15, 0.2) is 0 Å². The lowest BCUT2D eigenvalue weighted by atomic mass is 10.2. The number of nitrogens with zero attached hydrogens (tertiary/aromatic N) is 1. The summed E-state index contributed by atoms with van der Waals surface area (Å²) in [5.41, 5.74) is 0.215. The number of hydrogen-bond donors (Lipinski definition) is 1. The lowest BCUT2D eigenvalue weighted by Crippen LogP contribution is -2.44. The summed E-state index contributed by atoms with van der Waals surface area (Å²) in [6.45, 7) is 1.15. The molecule has 0 unspecified atom stereocenters. The Hall–Kier alpha value is -2.41. The van der Waals surface area contributed by atoms with Crippen molar-refractivity contribution < 1.29 is 22.7 Å². The van der Waals surface area contributed by atoms with E-state index in [2.05, 4.69) is 5.32 Å². The smallest absolute Gasteiger partial charge is 0.322 e. The van der Waals surface area contributed by atoms with Gasteiger partial charge in [0.25, 0.3) is 6.43 Å². The maximum absolute atomic E-state index is 12.7. The Balaban J connectivity index is 1.65. The van der Waals surface area contributed by atoms with E-state index in [1.807, 2.05) is 0 Å². The summed E-state index contributed by atoms with van der Waals surface area (Å²) in [6, 6.07) is 8.85. The molecule has 1 N–H and O–H groups in total. The Kier molecular flexibility index (Phi) is 4.57. The fourth-order valence-electron chi connectivity index (χ4n) is 2.44. The predicted octanol–water partition coefficient (Wildman–Crippen LogP) is 3.82. The molecule has 0 saturated carbocycles. The molecule has 2 aromatic rings. The number of carbonyl (C=O) groups excluding carboxylic acids is 1. The number of ether oxygens (including phenoxy) is 1. The Morgan fingerprint density at radius 3 is 2.91 bits per heavy atom. The number of rotatable bonds is 3. The van der Waals surface area contributed by atoms with Crippen molar-refractivity contribution in [3.63, 3.8) is 0 Å². The van der Waals surface area contributed by atoms with Crippen molar-refractivity contribution in [3.8, 4) is 0 Å². The van der Waals surface area contributed by atoms with Gasteiger partial charge in [-0.2, -0.15) is 0 Å². The topological polar surface area (TPSA) is 54.7 Å². The molecule has 0 spiro atoms. The number of benzene rings is 1. The molecule has 1 aliphatic heterocycles. The summed E-state index contributed by atoms with van der Waals surface area (Å²) in [5, 5.41) is 2.64. The number of alkyl halides is 2. The Bertz CT molecular complexity index is 661. The van der Waals surface area contributed by atoms with Gasteiger partial charge in [0.2, 0.25) is 0 Å². The molecule has 2 heterocycles. The van der Waals surface area contributed by atoms with E-state index in [0.29, 0.717) is 31.1 Å². The highest BCUT2D eigenvalue weighted by Crippen LogP contribution is 2.24. The van der Waals surface area contributed by atoms with Crippen molar-refractivity contribution in [2.24, 2.45) is 0 Å². The van der Waals surface area contributed by atoms with Crippen LogP contribution in [0.3, 0.4) is 0 Å². The average molecular weight is 322 g/mol. The van der Waals surface area contributed by atoms with Crippen LogP contribution in [0.25, 0.3) is 0 Å². The number of halogens is 2. The number of anilines is 1. The van der Waals surface area contributed by atoms with Gasteiger partial charge >= 0.3 is 6.03 Å². The van der Waals surface area contributed by atoms with Crippen LogP contribution in [0.5, 0.6) is 0 Å². The van der Waals surface area contributed by atoms with E-state index in [1.165, 1.54) is 18.2 Å². The molecule has 0 bridgehead atoms. The molecule has 1 aromatic carbocycles. The summed E-state index contributed by atoms with van der Waals surface area (Å²) in [4.78, 5) is 13.9. The second-order valence-corrected chi connectivity index (χ2v) is 5.18. The van der Waals surface area contributed by atoms with Gasteiger partial charge in [0.05, 0.1) is 19.4 Å². The van der Waals surface area contributed by atoms with Gasteiger partial charge in [0, 0.05) is 17.8 Å². The molecule has 1 aliphatic rings. The highest BCUT2D eigenvalue weighted by molar-refractivity contribution is 5.89. The minimum absolute atomic E-state index is 0.127. The van der Waals surface area contributed by atoms with Gasteiger partial charge in [-0.25, -0.2) is 13.6 Å². The first-order valence-electron chi connectivity index (χ1n) is 7.22. The standard InChI is InChI=1S/C16H16F2N2O3/c17-15(18)11-3-1-4-12(9-11)19-16(21)20-6-8-23-14(10-20)13-5-2-7-22-13/h1-5,7,9,14-15H,6,8,10H2,(H,19,21)/t14-/m1/s1. The van der Waals surface area contributed by atoms with Crippen LogP contribution in [-0.4, -0.2) is 30.6 Å². The van der Waals surface area contributed by atoms with Crippen LogP contribution in [0.2, 0.25) is 0 Å². The lowest BCUT2D eigenvalue weighted by Gasteiger charge is -2.32. The van der Waals surface area contributed by atoms with Crippen LogP contribution in [0, 0.1) is 0 Å². The summed E-state index contributed by atoms with van der Waals surface area (Å²) in [7, 11) is 0. The SMILES string of the molecule is O=C(Nc1cccc(C(F)F)c1)N1CCO[C@@H](c2ccco2)C1. The van der Waals surface area contributed by atoms with E-state index in [1.54, 1.807) is 29.4 Å². The molecule has 5 nitrogen and oxygen atoms in total. The molecular formula is C16H16F2N2O3. The van der Waals surface area contributed by atoms with Crippen LogP contribution < -0.4 is 5.32 Å². The third-order valence-electron chi connectivity index (χ3n) is 3.60. The van der Waals surface area contributed by atoms with Crippen molar-refractivity contribution in [2.75, 3.05) is 25.0 Å². The third kappa shape index (κ3) is 3.68. The lowest BCUT2D eigenvalue weighted by molar-refractivity contribution is -0.0242. The molecule has 2 amide bonds. The van der Waals surface area contributed by atoms with Crippen molar-refractivity contribution in [3.05, 3.63) is 54.0 Å². The second-order valence-electron chi connectivity index (χ2n) is 5.18. The molecule has 0 radical (unpaired) electrons. The highest BCUT2D eigenvalue weighted by atomic mass is 19.3. The maximum atomic E-state index is 12.7. The minimum atomic E-state index is -2.57. The van der Waals surface area contributed by atoms with Gasteiger partial charge in [-0.1, -0.05) is 12.1 Å². The van der Waals surface area contributed by atoms with Crippen molar-refractivity contribution in [1.82, 2.24) is 4.90 Å². The van der Waals surface area contributed by atoms with Gasteiger partial charge in [-0.15, -0.1) is 0 Å². The van der Waals surface area contributed by atoms with E-state index in [0.717, 1.165) is 0 Å². The van der Waals surface area contributed by atoms with Crippen molar-refractivity contribution in [1.29, 1.82) is 0 Å². The van der Waals surface area contributed by atoms with E-state index in [-0.39, 0.29) is 17.7 Å². The number of nitrogens with one attached hydrogen (secondary N) is 1. The van der Waals surface area contributed by atoms with Crippen LogP contribution in [0.1, 0.15) is 23.9 Å². The third-order valence-corrected chi connectivity index (χ3v) is 3.60. The summed E-state index contributed by atoms with van der Waals surface area (Å²) >= 11 is 0. The van der Waals surface area contributed by atoms with Crippen LogP contribution >= 0.6 is 0 Å². The average Bonchev–Trinajstić information content (AvgIpc) is 3.10. The number of morpholine rings is 1. The zero-order chi connectivity index (χ0) is 16.2. The van der Waals surface area contributed by atoms with Crippen LogP contribution in [-0.2, 0) is 4.74 Å². The second kappa shape index (κ2) is 6.78. The summed E-state index contributed by atoms with van der Waals surface area (Å²) in [5.74, 6) is 0.655. The zero-order valence-corrected chi connectivity index (χ0v) is 12.2. The highest BCUT2D eigenvalue weighted by Gasteiger charge is 2.27. The molecule has 1 saturated heterocycles. The first-order chi connectivity index (χ1) is 11.1. The first-order valence-corrected chi connectivity index (χ1v) is 7.22. The molecule has 122 valence electrons. The van der Waals surface area contributed by atoms with Gasteiger partial charge < -0.3 is 19.4 Å². The van der Waals surface area contributed by atoms with Crippen molar-refractivity contribution >= 4 is 11.7 Å². The van der Waals surface area contributed by atoms with Crippen molar-refractivity contribution in [2.45, 2.75) is 12.5 Å². The van der Waals surface area contributed by atoms with E-state index in [9.17, 15) is 13.6 Å². The number of hydrogen-bond acceptors (Lipinski definition) is 3. The van der Waals surface area contributed by atoms with Gasteiger partial charge in [-0.05, 0) is 24.3 Å². The van der Waals surface area contributed by atoms with Gasteiger partial charge in [-0.3, -0.25) is 0 Å². The quantitative estimate of drug-likeness (QED) is 0.934. The summed E-state index contributed by atoms with van der Waals surface area (Å²) in [6.07, 6.45) is -1.34. The minimum Gasteiger partial charge on any atom is -0.467 e. The van der Waals surface area contributed by atoms with E-state index in [4.69, 9.17) is 9.15 Å². The molecule has 3 rings (SSSR count). The Labute approximate surface area is 131 Å². The van der Waals surface area contributed by atoms with E-state index >= 15 is 0 Å². The number of furan rings is 1. The Morgan fingerprint density at radius 2 is 2.17 bits per heavy atom. The maximum Gasteiger partial charge on any atom is 0.322 e. The summed E-state index contributed by atoms with van der Waals surface area (Å²) < 4.78 is 36.3.